The molecule has 0 aliphatic heterocycles. The molecule has 5 rings (SSSR count). The second-order valence-electron chi connectivity index (χ2n) is 8.09. The number of para-hydroxylation sites is 2. The molecule has 0 fully saturated rings. The Morgan fingerprint density at radius 2 is 1.73 bits per heavy atom. The molecule has 33 heavy (non-hydrogen) atoms. The van der Waals surface area contributed by atoms with E-state index in [2.05, 4.69) is 10.3 Å². The van der Waals surface area contributed by atoms with Gasteiger partial charge in [0.25, 0.3) is 5.91 Å². The summed E-state index contributed by atoms with van der Waals surface area (Å²) >= 11 is 0. The molecule has 6 heteroatoms. The maximum absolute atomic E-state index is 12.9. The maximum atomic E-state index is 12.9. The first kappa shape index (κ1) is 20.9. The molecule has 1 aliphatic rings. The first-order valence-electron chi connectivity index (χ1n) is 11.4. The first-order valence-corrected chi connectivity index (χ1v) is 11.4. The minimum Gasteiger partial charge on any atom is -0.457 e. The average molecular weight is 439 g/mol. The zero-order valence-corrected chi connectivity index (χ0v) is 18.4. The summed E-state index contributed by atoms with van der Waals surface area (Å²) in [5.41, 5.74) is 4.96. The SMILES string of the molecule is O=C(NCCn1nc(-c2ccccn2)c2c1CCCC2)c1ccccc1Oc1ccccc1. The van der Waals surface area contributed by atoms with Crippen molar-refractivity contribution in [2.24, 2.45) is 0 Å². The lowest BCUT2D eigenvalue weighted by Gasteiger charge is -2.15. The molecule has 4 aromatic rings. The molecule has 0 saturated heterocycles. The summed E-state index contributed by atoms with van der Waals surface area (Å²) in [7, 11) is 0. The highest BCUT2D eigenvalue weighted by Gasteiger charge is 2.22. The van der Waals surface area contributed by atoms with Crippen molar-refractivity contribution < 1.29 is 9.53 Å². The summed E-state index contributed by atoms with van der Waals surface area (Å²) in [4.78, 5) is 17.4. The maximum Gasteiger partial charge on any atom is 0.255 e. The fourth-order valence-electron chi connectivity index (χ4n) is 4.29. The summed E-state index contributed by atoms with van der Waals surface area (Å²) in [5, 5.41) is 7.92. The highest BCUT2D eigenvalue weighted by molar-refractivity contribution is 5.97. The van der Waals surface area contributed by atoms with Crippen LogP contribution in [0.5, 0.6) is 11.5 Å². The normalized spacial score (nSPS) is 12.7. The molecule has 0 bridgehead atoms. The van der Waals surface area contributed by atoms with Crippen LogP contribution >= 0.6 is 0 Å². The number of hydrogen-bond donors (Lipinski definition) is 1. The van der Waals surface area contributed by atoms with Gasteiger partial charge in [-0.1, -0.05) is 36.4 Å². The van der Waals surface area contributed by atoms with Crippen molar-refractivity contribution in [2.75, 3.05) is 6.54 Å². The fraction of sp³-hybridized carbons (Fsp3) is 0.222. The smallest absolute Gasteiger partial charge is 0.255 e. The van der Waals surface area contributed by atoms with Crippen LogP contribution in [-0.4, -0.2) is 27.2 Å². The summed E-state index contributed by atoms with van der Waals surface area (Å²) in [6, 6.07) is 22.7. The van der Waals surface area contributed by atoms with Gasteiger partial charge in [0.05, 0.1) is 17.8 Å². The van der Waals surface area contributed by atoms with E-state index in [1.54, 1.807) is 12.3 Å². The van der Waals surface area contributed by atoms with Gasteiger partial charge in [-0.2, -0.15) is 5.10 Å². The Hall–Kier alpha value is -3.93. The van der Waals surface area contributed by atoms with Crippen LogP contribution in [0.25, 0.3) is 11.4 Å². The standard InChI is InChI=1S/C27H26N4O2/c32-27(22-13-5-7-16-25(22)33-20-10-2-1-3-11-20)29-18-19-31-24-15-6-4-12-21(24)26(30-31)23-14-8-9-17-28-23/h1-3,5,7-11,13-14,16-17H,4,6,12,15,18-19H2,(H,29,32). The van der Waals surface area contributed by atoms with Crippen LogP contribution in [0.4, 0.5) is 0 Å². The van der Waals surface area contributed by atoms with Crippen molar-refractivity contribution in [1.29, 1.82) is 0 Å². The number of pyridine rings is 1. The number of hydrogen-bond acceptors (Lipinski definition) is 4. The minimum atomic E-state index is -0.160. The summed E-state index contributed by atoms with van der Waals surface area (Å²) in [6.07, 6.45) is 6.18. The van der Waals surface area contributed by atoms with Gasteiger partial charge in [-0.3, -0.25) is 14.5 Å². The van der Waals surface area contributed by atoms with E-state index >= 15 is 0 Å². The monoisotopic (exact) mass is 438 g/mol. The lowest BCUT2D eigenvalue weighted by atomic mass is 9.95. The largest absolute Gasteiger partial charge is 0.457 e. The molecular weight excluding hydrogens is 412 g/mol. The molecule has 1 N–H and O–H groups in total. The Morgan fingerprint density at radius 3 is 2.58 bits per heavy atom. The van der Waals surface area contributed by atoms with Crippen molar-refractivity contribution in [3.05, 3.63) is 95.8 Å². The van der Waals surface area contributed by atoms with Crippen LogP contribution in [0.3, 0.4) is 0 Å². The zero-order chi connectivity index (χ0) is 22.5. The molecule has 0 saturated carbocycles. The van der Waals surface area contributed by atoms with Crippen LogP contribution in [0.1, 0.15) is 34.5 Å². The molecule has 0 atom stereocenters. The van der Waals surface area contributed by atoms with Crippen molar-refractivity contribution in [2.45, 2.75) is 32.2 Å². The van der Waals surface area contributed by atoms with Gasteiger partial charge in [-0.15, -0.1) is 0 Å². The molecule has 0 unspecified atom stereocenters. The second kappa shape index (κ2) is 9.69. The zero-order valence-electron chi connectivity index (χ0n) is 18.4. The van der Waals surface area contributed by atoms with E-state index in [1.807, 2.05) is 71.4 Å². The summed E-state index contributed by atoms with van der Waals surface area (Å²) in [5.74, 6) is 1.07. The number of amides is 1. The van der Waals surface area contributed by atoms with Crippen LogP contribution < -0.4 is 10.1 Å². The van der Waals surface area contributed by atoms with Crippen molar-refractivity contribution in [3.8, 4) is 22.9 Å². The number of aromatic nitrogens is 3. The fourth-order valence-corrected chi connectivity index (χ4v) is 4.29. The van der Waals surface area contributed by atoms with E-state index in [0.717, 1.165) is 30.7 Å². The Labute approximate surface area is 193 Å². The predicted molar refractivity (Wildman–Crippen MR) is 127 cm³/mol. The van der Waals surface area contributed by atoms with E-state index in [1.165, 1.54) is 17.7 Å². The number of ether oxygens (including phenoxy) is 1. The average Bonchev–Trinajstić information content (AvgIpc) is 3.24. The second-order valence-corrected chi connectivity index (χ2v) is 8.09. The molecular formula is C27H26N4O2. The number of rotatable bonds is 7. The van der Waals surface area contributed by atoms with Crippen LogP contribution in [0.15, 0.2) is 79.0 Å². The lowest BCUT2D eigenvalue weighted by molar-refractivity contribution is 0.0949. The Morgan fingerprint density at radius 1 is 0.939 bits per heavy atom. The Bertz CT molecular complexity index is 1240. The predicted octanol–water partition coefficient (Wildman–Crippen LogP) is 5.05. The van der Waals surface area contributed by atoms with Crippen LogP contribution in [-0.2, 0) is 19.4 Å². The molecule has 166 valence electrons. The Kier molecular flexibility index (Phi) is 6.15. The highest BCUT2D eigenvalue weighted by Crippen LogP contribution is 2.30. The van der Waals surface area contributed by atoms with Gasteiger partial charge < -0.3 is 10.1 Å². The molecule has 6 nitrogen and oxygen atoms in total. The van der Waals surface area contributed by atoms with Gasteiger partial charge >= 0.3 is 0 Å². The topological polar surface area (TPSA) is 69.0 Å². The number of nitrogens with one attached hydrogen (secondary N) is 1. The highest BCUT2D eigenvalue weighted by atomic mass is 16.5. The van der Waals surface area contributed by atoms with Gasteiger partial charge in [-0.05, 0) is 62.1 Å². The van der Waals surface area contributed by atoms with Crippen molar-refractivity contribution in [3.63, 3.8) is 0 Å². The van der Waals surface area contributed by atoms with Gasteiger partial charge in [0.2, 0.25) is 0 Å². The first-order chi connectivity index (χ1) is 16.3. The number of benzene rings is 2. The molecule has 2 aromatic heterocycles. The molecule has 2 aromatic carbocycles. The third-order valence-corrected chi connectivity index (χ3v) is 5.88. The lowest BCUT2D eigenvalue weighted by Crippen LogP contribution is -2.28. The number of fused-ring (bicyclic) bond motifs is 1. The molecule has 2 heterocycles. The van der Waals surface area contributed by atoms with Crippen LogP contribution in [0, 0.1) is 0 Å². The quantitative estimate of drug-likeness (QED) is 0.439. The van der Waals surface area contributed by atoms with E-state index in [0.29, 0.717) is 30.2 Å². The van der Waals surface area contributed by atoms with Gasteiger partial charge in [0.15, 0.2) is 0 Å². The third kappa shape index (κ3) is 4.65. The van der Waals surface area contributed by atoms with E-state index in [-0.39, 0.29) is 5.91 Å². The van der Waals surface area contributed by atoms with Crippen molar-refractivity contribution >= 4 is 5.91 Å². The minimum absolute atomic E-state index is 0.160. The third-order valence-electron chi connectivity index (χ3n) is 5.88. The Balaban J connectivity index is 1.29. The number of nitrogens with zero attached hydrogens (tertiary/aromatic N) is 3. The van der Waals surface area contributed by atoms with Gasteiger partial charge in [0, 0.05) is 24.0 Å². The summed E-state index contributed by atoms with van der Waals surface area (Å²) < 4.78 is 7.98. The van der Waals surface area contributed by atoms with Gasteiger partial charge in [0.1, 0.15) is 17.2 Å². The van der Waals surface area contributed by atoms with E-state index < -0.39 is 0 Å². The molecule has 0 spiro atoms. The molecule has 1 amide bonds. The van der Waals surface area contributed by atoms with Crippen LogP contribution in [0.2, 0.25) is 0 Å². The number of carbonyl (C=O) groups is 1. The van der Waals surface area contributed by atoms with E-state index in [9.17, 15) is 4.79 Å². The van der Waals surface area contributed by atoms with E-state index in [4.69, 9.17) is 9.84 Å². The van der Waals surface area contributed by atoms with Gasteiger partial charge in [-0.25, -0.2) is 0 Å². The molecule has 1 aliphatic carbocycles. The molecule has 0 radical (unpaired) electrons. The number of carbonyl (C=O) groups excluding carboxylic acids is 1. The summed E-state index contributed by atoms with van der Waals surface area (Å²) in [6.45, 7) is 1.09. The van der Waals surface area contributed by atoms with Crippen molar-refractivity contribution in [1.82, 2.24) is 20.1 Å².